The van der Waals surface area contributed by atoms with Gasteiger partial charge in [0.2, 0.25) is 0 Å². The zero-order chi connectivity index (χ0) is 15.0. The number of aryl methyl sites for hydroxylation is 1. The third-order valence-corrected chi connectivity index (χ3v) is 3.94. The fourth-order valence-electron chi connectivity index (χ4n) is 2.54. The van der Waals surface area contributed by atoms with Crippen LogP contribution in [0.2, 0.25) is 5.02 Å². The number of hydrogen-bond donors (Lipinski definition) is 1. The van der Waals surface area contributed by atoms with Gasteiger partial charge in [-0.2, -0.15) is 5.10 Å². The van der Waals surface area contributed by atoms with E-state index in [1.165, 1.54) is 12.1 Å². The number of para-hydroxylation sites is 1. The minimum atomic E-state index is -0.347. The van der Waals surface area contributed by atoms with Crippen molar-refractivity contribution in [2.75, 3.05) is 0 Å². The number of benzene rings is 2. The number of nitrogens with zero attached hydrogens (tertiary/aromatic N) is 2. The van der Waals surface area contributed by atoms with E-state index in [0.29, 0.717) is 11.4 Å². The van der Waals surface area contributed by atoms with Crippen LogP contribution in [0.3, 0.4) is 0 Å². The third kappa shape index (κ3) is 2.64. The smallest absolute Gasteiger partial charge is 0.124 e. The average molecular weight is 304 g/mol. The molecule has 1 aromatic heterocycles. The molecule has 21 heavy (non-hydrogen) atoms. The van der Waals surface area contributed by atoms with Crippen LogP contribution < -0.4 is 5.73 Å². The second-order valence-electron chi connectivity index (χ2n) is 5.07. The predicted molar refractivity (Wildman–Crippen MR) is 82.8 cm³/mol. The Labute approximate surface area is 127 Å². The molecular weight excluding hydrogens is 289 g/mol. The zero-order valence-electron chi connectivity index (χ0n) is 11.6. The molecule has 0 aliphatic rings. The first-order valence-electron chi connectivity index (χ1n) is 6.67. The molecule has 3 nitrogen and oxygen atoms in total. The number of hydrogen-bond acceptors (Lipinski definition) is 2. The quantitative estimate of drug-likeness (QED) is 0.803. The van der Waals surface area contributed by atoms with Gasteiger partial charge in [0.15, 0.2) is 0 Å². The molecule has 0 aliphatic carbocycles. The maximum atomic E-state index is 13.1. The summed E-state index contributed by atoms with van der Waals surface area (Å²) in [5.41, 5.74) is 8.97. The highest BCUT2D eigenvalue weighted by molar-refractivity contribution is 6.31. The van der Waals surface area contributed by atoms with Gasteiger partial charge < -0.3 is 5.73 Å². The van der Waals surface area contributed by atoms with Crippen molar-refractivity contribution in [2.24, 2.45) is 12.8 Å². The monoisotopic (exact) mass is 303 g/mol. The molecule has 108 valence electrons. The Morgan fingerprint density at radius 2 is 2.05 bits per heavy atom. The van der Waals surface area contributed by atoms with Gasteiger partial charge in [0, 0.05) is 17.5 Å². The molecule has 3 rings (SSSR count). The minimum absolute atomic E-state index is 0.293. The summed E-state index contributed by atoms with van der Waals surface area (Å²) in [5.74, 6) is -0.347. The van der Waals surface area contributed by atoms with E-state index in [0.717, 1.165) is 22.2 Å². The van der Waals surface area contributed by atoms with Crippen LogP contribution in [0.15, 0.2) is 42.5 Å². The SMILES string of the molecule is Cn1nc(C(N)Cc2ccc(F)cc2Cl)c2ccccc21. The van der Waals surface area contributed by atoms with Crippen LogP contribution in [0.25, 0.3) is 10.9 Å². The van der Waals surface area contributed by atoms with E-state index in [-0.39, 0.29) is 11.9 Å². The summed E-state index contributed by atoms with van der Waals surface area (Å²) in [6.07, 6.45) is 0.514. The highest BCUT2D eigenvalue weighted by Gasteiger charge is 2.17. The van der Waals surface area contributed by atoms with Crippen molar-refractivity contribution >= 4 is 22.5 Å². The molecular formula is C16H15ClFN3. The average Bonchev–Trinajstić information content (AvgIpc) is 2.80. The summed E-state index contributed by atoms with van der Waals surface area (Å²) in [6, 6.07) is 12.0. The number of halogens is 2. The summed E-state index contributed by atoms with van der Waals surface area (Å²) in [7, 11) is 1.89. The summed E-state index contributed by atoms with van der Waals surface area (Å²) in [4.78, 5) is 0. The first kappa shape index (κ1) is 14.0. The fraction of sp³-hybridized carbons (Fsp3) is 0.188. The first-order chi connectivity index (χ1) is 10.1. The number of fused-ring (bicyclic) bond motifs is 1. The second-order valence-corrected chi connectivity index (χ2v) is 5.48. The van der Waals surface area contributed by atoms with Gasteiger partial charge in [-0.1, -0.05) is 35.9 Å². The van der Waals surface area contributed by atoms with Crippen LogP contribution in [0.4, 0.5) is 4.39 Å². The van der Waals surface area contributed by atoms with Crippen molar-refractivity contribution in [3.05, 3.63) is 64.6 Å². The molecule has 0 bridgehead atoms. The lowest BCUT2D eigenvalue weighted by Gasteiger charge is -2.11. The summed E-state index contributed by atoms with van der Waals surface area (Å²) in [5, 5.41) is 5.93. The number of nitrogens with two attached hydrogens (primary N) is 1. The molecule has 2 aromatic carbocycles. The molecule has 2 N–H and O–H groups in total. The van der Waals surface area contributed by atoms with Crippen LogP contribution in [-0.2, 0) is 13.5 Å². The van der Waals surface area contributed by atoms with Crippen LogP contribution in [0, 0.1) is 5.82 Å². The molecule has 0 fully saturated rings. The van der Waals surface area contributed by atoms with Gasteiger partial charge in [-0.3, -0.25) is 4.68 Å². The van der Waals surface area contributed by atoms with Gasteiger partial charge in [0.05, 0.1) is 17.3 Å². The Morgan fingerprint density at radius 3 is 2.81 bits per heavy atom. The van der Waals surface area contributed by atoms with Gasteiger partial charge in [0.1, 0.15) is 5.82 Å². The molecule has 1 heterocycles. The van der Waals surface area contributed by atoms with E-state index < -0.39 is 0 Å². The van der Waals surface area contributed by atoms with E-state index in [2.05, 4.69) is 5.10 Å². The van der Waals surface area contributed by atoms with Crippen LogP contribution in [0.5, 0.6) is 0 Å². The maximum Gasteiger partial charge on any atom is 0.124 e. The first-order valence-corrected chi connectivity index (χ1v) is 7.05. The van der Waals surface area contributed by atoms with Gasteiger partial charge in [0.25, 0.3) is 0 Å². The lowest BCUT2D eigenvalue weighted by atomic mass is 10.0. The molecule has 0 saturated carbocycles. The van der Waals surface area contributed by atoms with Gasteiger partial charge in [-0.25, -0.2) is 4.39 Å². The Balaban J connectivity index is 1.95. The lowest BCUT2D eigenvalue weighted by molar-refractivity contribution is 0.624. The topological polar surface area (TPSA) is 43.8 Å². The summed E-state index contributed by atoms with van der Waals surface area (Å²) >= 11 is 6.06. The van der Waals surface area contributed by atoms with Crippen molar-refractivity contribution < 1.29 is 4.39 Å². The molecule has 3 aromatic rings. The summed E-state index contributed by atoms with van der Waals surface area (Å²) in [6.45, 7) is 0. The lowest BCUT2D eigenvalue weighted by Crippen LogP contribution is -2.15. The minimum Gasteiger partial charge on any atom is -0.322 e. The van der Waals surface area contributed by atoms with Crippen molar-refractivity contribution in [3.63, 3.8) is 0 Å². The number of rotatable bonds is 3. The van der Waals surface area contributed by atoms with Gasteiger partial charge in [-0.15, -0.1) is 0 Å². The van der Waals surface area contributed by atoms with E-state index >= 15 is 0 Å². The molecule has 0 aliphatic heterocycles. The molecule has 0 spiro atoms. The fourth-order valence-corrected chi connectivity index (χ4v) is 2.78. The van der Waals surface area contributed by atoms with Crippen LogP contribution >= 0.6 is 11.6 Å². The van der Waals surface area contributed by atoms with Crippen molar-refractivity contribution in [1.82, 2.24) is 9.78 Å². The van der Waals surface area contributed by atoms with Crippen molar-refractivity contribution in [2.45, 2.75) is 12.5 Å². The van der Waals surface area contributed by atoms with E-state index in [1.807, 2.05) is 36.0 Å². The molecule has 5 heteroatoms. The van der Waals surface area contributed by atoms with Gasteiger partial charge in [-0.05, 0) is 30.2 Å². The standard InChI is InChI=1S/C16H15ClFN3/c1-21-15-5-3-2-4-12(15)16(20-21)14(19)8-10-6-7-11(18)9-13(10)17/h2-7,9,14H,8,19H2,1H3. The molecule has 0 radical (unpaired) electrons. The zero-order valence-corrected chi connectivity index (χ0v) is 12.3. The molecule has 1 atom stereocenters. The highest BCUT2D eigenvalue weighted by atomic mass is 35.5. The summed E-state index contributed by atoms with van der Waals surface area (Å²) < 4.78 is 14.9. The Bertz CT molecular complexity index is 797. The predicted octanol–water partition coefficient (Wildman–Crippen LogP) is 3.61. The molecule has 0 amide bonds. The maximum absolute atomic E-state index is 13.1. The normalized spacial score (nSPS) is 12.8. The highest BCUT2D eigenvalue weighted by Crippen LogP contribution is 2.27. The Kier molecular flexibility index (Phi) is 3.66. The Morgan fingerprint density at radius 1 is 1.29 bits per heavy atom. The van der Waals surface area contributed by atoms with E-state index in [9.17, 15) is 4.39 Å². The Hall–Kier alpha value is -1.91. The largest absolute Gasteiger partial charge is 0.322 e. The van der Waals surface area contributed by atoms with Crippen LogP contribution in [-0.4, -0.2) is 9.78 Å². The molecule has 0 saturated heterocycles. The van der Waals surface area contributed by atoms with Gasteiger partial charge >= 0.3 is 0 Å². The van der Waals surface area contributed by atoms with Crippen LogP contribution in [0.1, 0.15) is 17.3 Å². The second kappa shape index (κ2) is 5.47. The molecule has 1 unspecified atom stereocenters. The van der Waals surface area contributed by atoms with Crippen molar-refractivity contribution in [1.29, 1.82) is 0 Å². The van der Waals surface area contributed by atoms with Crippen molar-refractivity contribution in [3.8, 4) is 0 Å². The van der Waals surface area contributed by atoms with E-state index in [4.69, 9.17) is 17.3 Å². The number of aromatic nitrogens is 2. The third-order valence-electron chi connectivity index (χ3n) is 3.59. The van der Waals surface area contributed by atoms with E-state index in [1.54, 1.807) is 6.07 Å².